The Bertz CT molecular complexity index is 1250. The lowest BCUT2D eigenvalue weighted by atomic mass is 10.0. The van der Waals surface area contributed by atoms with Crippen LogP contribution in [0.1, 0.15) is 63.6 Å². The van der Waals surface area contributed by atoms with E-state index in [4.69, 9.17) is 14.2 Å². The molecule has 2 saturated heterocycles. The van der Waals surface area contributed by atoms with E-state index in [0.29, 0.717) is 54.5 Å². The van der Waals surface area contributed by atoms with Gasteiger partial charge >= 0.3 is 6.09 Å². The molecule has 2 aliphatic heterocycles. The zero-order chi connectivity index (χ0) is 25.6. The molecule has 3 aliphatic rings. The van der Waals surface area contributed by atoms with Crippen molar-refractivity contribution in [3.05, 3.63) is 29.7 Å². The molecule has 1 amide bonds. The Morgan fingerprint density at radius 3 is 2.31 bits per heavy atom. The van der Waals surface area contributed by atoms with Crippen molar-refractivity contribution in [2.75, 3.05) is 0 Å². The summed E-state index contributed by atoms with van der Waals surface area (Å²) in [5.74, 6) is 1.18. The lowest BCUT2D eigenvalue weighted by molar-refractivity contribution is 0.0206. The Labute approximate surface area is 211 Å². The molecule has 2 bridgehead atoms. The van der Waals surface area contributed by atoms with Crippen molar-refractivity contribution in [2.24, 2.45) is 0 Å². The lowest BCUT2D eigenvalue weighted by Crippen LogP contribution is -2.50. The zero-order valence-electron chi connectivity index (χ0n) is 21.0. The predicted octanol–water partition coefficient (Wildman–Crippen LogP) is 4.14. The van der Waals surface area contributed by atoms with Crippen molar-refractivity contribution in [1.82, 2.24) is 19.9 Å². The Balaban J connectivity index is 1.27. The lowest BCUT2D eigenvalue weighted by Gasteiger charge is -2.38. The van der Waals surface area contributed by atoms with Gasteiger partial charge in [0.2, 0.25) is 11.8 Å². The van der Waals surface area contributed by atoms with E-state index < -0.39 is 9.84 Å². The molecule has 2 atom stereocenters. The van der Waals surface area contributed by atoms with E-state index in [1.165, 1.54) is 12.4 Å². The number of rotatable bonds is 7. The van der Waals surface area contributed by atoms with Crippen molar-refractivity contribution in [3.8, 4) is 17.5 Å². The van der Waals surface area contributed by atoms with Crippen LogP contribution in [0.3, 0.4) is 0 Å². The van der Waals surface area contributed by atoms with E-state index in [9.17, 15) is 13.2 Å². The third-order valence-electron chi connectivity index (χ3n) is 6.98. The number of sulfone groups is 1. The highest BCUT2D eigenvalue weighted by Crippen LogP contribution is 2.39. The van der Waals surface area contributed by atoms with Gasteiger partial charge in [0.05, 0.1) is 22.6 Å². The molecular weight excluding hydrogens is 484 g/mol. The summed E-state index contributed by atoms with van der Waals surface area (Å²) in [6.07, 6.45) is 5.58. The number of aryl methyl sites for hydroxylation is 1. The second-order valence-electron chi connectivity index (χ2n) is 10.1. The van der Waals surface area contributed by atoms with Crippen LogP contribution >= 0.6 is 0 Å². The number of hydrogen-bond donors (Lipinski definition) is 0. The van der Waals surface area contributed by atoms with E-state index in [1.807, 2.05) is 25.7 Å². The summed E-state index contributed by atoms with van der Waals surface area (Å²) >= 11 is 0. The van der Waals surface area contributed by atoms with Gasteiger partial charge < -0.3 is 19.1 Å². The molecule has 1 aliphatic carbocycles. The molecule has 1 saturated carbocycles. The largest absolute Gasteiger partial charge is 0.474 e. The van der Waals surface area contributed by atoms with Gasteiger partial charge in [0.15, 0.2) is 20.6 Å². The Morgan fingerprint density at radius 1 is 1.03 bits per heavy atom. The maximum absolute atomic E-state index is 12.5. The number of hydrogen-bond acceptors (Lipinski definition) is 9. The predicted molar refractivity (Wildman–Crippen MR) is 130 cm³/mol. The first kappa shape index (κ1) is 24.7. The highest BCUT2D eigenvalue weighted by atomic mass is 32.2. The number of aromatic nitrogens is 3. The number of nitrogens with zero attached hydrogens (tertiary/aromatic N) is 4. The highest BCUT2D eigenvalue weighted by Gasteiger charge is 2.45. The van der Waals surface area contributed by atoms with Crippen LogP contribution in [0.2, 0.25) is 0 Å². The molecule has 2 unspecified atom stereocenters. The van der Waals surface area contributed by atoms with E-state index in [-0.39, 0.29) is 40.7 Å². The maximum atomic E-state index is 12.5. The molecule has 2 aromatic heterocycles. The molecule has 0 N–H and O–H groups in total. The van der Waals surface area contributed by atoms with Gasteiger partial charge in [0, 0.05) is 24.9 Å². The molecular formula is C25H32N4O6S. The van der Waals surface area contributed by atoms with Crippen molar-refractivity contribution >= 4 is 15.9 Å². The third kappa shape index (κ3) is 4.85. The van der Waals surface area contributed by atoms with Crippen LogP contribution in [0, 0.1) is 13.8 Å². The Kier molecular flexibility index (Phi) is 6.52. The van der Waals surface area contributed by atoms with Crippen molar-refractivity contribution in [1.29, 1.82) is 0 Å². The van der Waals surface area contributed by atoms with Gasteiger partial charge in [-0.15, -0.1) is 0 Å². The molecule has 0 aromatic carbocycles. The third-order valence-corrected chi connectivity index (χ3v) is 9.14. The van der Waals surface area contributed by atoms with E-state index in [1.54, 1.807) is 13.0 Å². The minimum Gasteiger partial charge on any atom is -0.474 e. The summed E-state index contributed by atoms with van der Waals surface area (Å²) in [7, 11) is -3.37. The number of amides is 1. The fraction of sp³-hybridized carbons (Fsp3) is 0.600. The van der Waals surface area contributed by atoms with Crippen molar-refractivity contribution in [3.63, 3.8) is 0 Å². The standard InChI is InChI=1S/C25H32N4O6S/c1-14(2)33-25(30)29-17-5-6-18(29)12-19(11-17)34-23-15(3)24(27-13-26-23)35-21-9-10-22(28-16(21)4)36(31,32)20-7-8-20/h9-10,13-14,17-20H,5-8,11-12H2,1-4H3. The molecule has 11 heteroatoms. The van der Waals surface area contributed by atoms with Crippen molar-refractivity contribution in [2.45, 2.75) is 101 Å². The van der Waals surface area contributed by atoms with E-state index in [0.717, 1.165) is 12.8 Å². The summed E-state index contributed by atoms with van der Waals surface area (Å²) in [6.45, 7) is 7.25. The summed E-state index contributed by atoms with van der Waals surface area (Å²) in [5.41, 5.74) is 1.11. The SMILES string of the molecule is Cc1nc(S(=O)(=O)C2CC2)ccc1Oc1ncnc(OC2CC3CCC(C2)N3C(=O)OC(C)C)c1C. The molecule has 5 rings (SSSR count). The number of ether oxygens (including phenoxy) is 3. The monoisotopic (exact) mass is 516 g/mol. The summed E-state index contributed by atoms with van der Waals surface area (Å²) in [5, 5.41) is -0.237. The fourth-order valence-electron chi connectivity index (χ4n) is 5.03. The Hall–Kier alpha value is -2.95. The summed E-state index contributed by atoms with van der Waals surface area (Å²) < 4.78 is 42.7. The molecule has 3 fully saturated rings. The van der Waals surface area contributed by atoms with E-state index >= 15 is 0 Å². The number of pyridine rings is 1. The average molecular weight is 517 g/mol. The number of carbonyl (C=O) groups is 1. The molecule has 36 heavy (non-hydrogen) atoms. The van der Waals surface area contributed by atoms with Crippen LogP contribution in [-0.4, -0.2) is 63.9 Å². The Morgan fingerprint density at radius 2 is 1.69 bits per heavy atom. The molecule has 4 heterocycles. The van der Waals surface area contributed by atoms with E-state index in [2.05, 4.69) is 15.0 Å². The maximum Gasteiger partial charge on any atom is 0.410 e. The first-order valence-corrected chi connectivity index (χ1v) is 14.0. The van der Waals surface area contributed by atoms with Crippen LogP contribution in [0.4, 0.5) is 4.79 Å². The molecule has 0 radical (unpaired) electrons. The van der Waals surface area contributed by atoms with Crippen LogP contribution < -0.4 is 9.47 Å². The van der Waals surface area contributed by atoms with Gasteiger partial charge in [-0.2, -0.15) is 0 Å². The smallest absolute Gasteiger partial charge is 0.410 e. The first-order valence-electron chi connectivity index (χ1n) is 12.5. The number of fused-ring (bicyclic) bond motifs is 2. The quantitative estimate of drug-likeness (QED) is 0.534. The summed E-state index contributed by atoms with van der Waals surface area (Å²) in [4.78, 5) is 27.3. The van der Waals surface area contributed by atoms with Gasteiger partial charge in [-0.3, -0.25) is 0 Å². The number of piperidine rings is 1. The van der Waals surface area contributed by atoms with Gasteiger partial charge in [0.25, 0.3) is 0 Å². The van der Waals surface area contributed by atoms with Crippen LogP contribution in [0.5, 0.6) is 17.5 Å². The topological polar surface area (TPSA) is 121 Å². The van der Waals surface area contributed by atoms with Crippen molar-refractivity contribution < 1.29 is 27.4 Å². The van der Waals surface area contributed by atoms with Crippen LogP contribution in [0.25, 0.3) is 0 Å². The normalized spacial score (nSPS) is 23.6. The second kappa shape index (κ2) is 9.49. The van der Waals surface area contributed by atoms with Gasteiger partial charge in [-0.25, -0.2) is 28.2 Å². The van der Waals surface area contributed by atoms with Gasteiger partial charge in [0.1, 0.15) is 12.4 Å². The highest BCUT2D eigenvalue weighted by molar-refractivity contribution is 7.92. The number of carbonyl (C=O) groups excluding carboxylic acids is 1. The van der Waals surface area contributed by atoms with Crippen LogP contribution in [-0.2, 0) is 14.6 Å². The minimum absolute atomic E-state index is 0.0801. The second-order valence-corrected chi connectivity index (χ2v) is 12.3. The minimum atomic E-state index is -3.37. The first-order chi connectivity index (χ1) is 17.1. The molecule has 194 valence electrons. The molecule has 2 aromatic rings. The zero-order valence-corrected chi connectivity index (χ0v) is 21.8. The van der Waals surface area contributed by atoms with Gasteiger partial charge in [-0.05, 0) is 65.5 Å². The van der Waals surface area contributed by atoms with Gasteiger partial charge in [-0.1, -0.05) is 0 Å². The fourth-order valence-corrected chi connectivity index (χ4v) is 6.65. The van der Waals surface area contributed by atoms with Crippen LogP contribution in [0.15, 0.2) is 23.5 Å². The summed E-state index contributed by atoms with van der Waals surface area (Å²) in [6, 6.07) is 3.29. The molecule has 0 spiro atoms. The molecule has 10 nitrogen and oxygen atoms in total. The average Bonchev–Trinajstić information content (AvgIpc) is 3.63.